The number of carbonyl (C=O) groups is 1. The minimum Gasteiger partial charge on any atom is -0.322 e. The summed E-state index contributed by atoms with van der Waals surface area (Å²) in [6.45, 7) is 1.50. The first-order chi connectivity index (χ1) is 13.9. The van der Waals surface area contributed by atoms with Crippen LogP contribution < -0.4 is 10.9 Å². The van der Waals surface area contributed by atoms with Crippen LogP contribution >= 0.6 is 0 Å². The lowest BCUT2D eigenvalue weighted by molar-refractivity contribution is -0.116. The highest BCUT2D eigenvalue weighted by atomic mass is 19.1. The maximum absolute atomic E-state index is 13.7. The van der Waals surface area contributed by atoms with Crippen LogP contribution in [0.15, 0.2) is 53.6 Å². The SMILES string of the molecule is Cc1cccc(-n2nnc3c(=O)n(CC(=O)Nc4ccc(F)cc4F)cnc32)c1. The summed E-state index contributed by atoms with van der Waals surface area (Å²) in [7, 11) is 0. The third-order valence-corrected chi connectivity index (χ3v) is 4.19. The summed E-state index contributed by atoms with van der Waals surface area (Å²) >= 11 is 0. The molecule has 10 heteroatoms. The molecule has 0 spiro atoms. The van der Waals surface area contributed by atoms with Crippen molar-refractivity contribution < 1.29 is 13.6 Å². The number of nitrogens with one attached hydrogen (secondary N) is 1. The second-order valence-electron chi connectivity index (χ2n) is 6.36. The molecule has 0 atom stereocenters. The van der Waals surface area contributed by atoms with Crippen molar-refractivity contribution in [2.24, 2.45) is 0 Å². The van der Waals surface area contributed by atoms with Crippen LogP contribution in [0.4, 0.5) is 14.5 Å². The number of benzene rings is 2. The van der Waals surface area contributed by atoms with Gasteiger partial charge in [-0.2, -0.15) is 4.68 Å². The second-order valence-corrected chi connectivity index (χ2v) is 6.36. The van der Waals surface area contributed by atoms with Crippen LogP contribution in [0.1, 0.15) is 5.56 Å². The van der Waals surface area contributed by atoms with Gasteiger partial charge in [-0.25, -0.2) is 13.8 Å². The summed E-state index contributed by atoms with van der Waals surface area (Å²) in [6.07, 6.45) is 1.20. The van der Waals surface area contributed by atoms with Crippen LogP contribution in [0, 0.1) is 18.6 Å². The molecular formula is C19H14F2N6O2. The number of carbonyl (C=O) groups excluding carboxylic acids is 1. The average Bonchev–Trinajstić information content (AvgIpc) is 3.11. The Labute approximate surface area is 162 Å². The molecule has 0 saturated carbocycles. The Bertz CT molecular complexity index is 1300. The van der Waals surface area contributed by atoms with Crippen molar-refractivity contribution in [1.82, 2.24) is 24.5 Å². The molecule has 2 aromatic carbocycles. The predicted molar refractivity (Wildman–Crippen MR) is 101 cm³/mol. The number of amides is 1. The van der Waals surface area contributed by atoms with Gasteiger partial charge in [0.05, 0.1) is 11.4 Å². The van der Waals surface area contributed by atoms with Crippen LogP contribution in [-0.4, -0.2) is 30.5 Å². The summed E-state index contributed by atoms with van der Waals surface area (Å²) in [6, 6.07) is 10.2. The van der Waals surface area contributed by atoms with Crippen LogP contribution in [0.25, 0.3) is 16.9 Å². The Hall–Kier alpha value is -3.95. The molecule has 8 nitrogen and oxygen atoms in total. The minimum atomic E-state index is -0.916. The van der Waals surface area contributed by atoms with Crippen LogP contribution in [-0.2, 0) is 11.3 Å². The topological polar surface area (TPSA) is 94.7 Å². The van der Waals surface area contributed by atoms with Crippen LogP contribution in [0.2, 0.25) is 0 Å². The van der Waals surface area contributed by atoms with Crippen molar-refractivity contribution in [1.29, 1.82) is 0 Å². The van der Waals surface area contributed by atoms with E-state index >= 15 is 0 Å². The highest BCUT2D eigenvalue weighted by Crippen LogP contribution is 2.15. The average molecular weight is 396 g/mol. The van der Waals surface area contributed by atoms with Gasteiger partial charge in [0.15, 0.2) is 11.2 Å². The standard InChI is InChI=1S/C19H14F2N6O2/c1-11-3-2-4-13(7-11)27-18-17(24-25-27)19(29)26(10-22-18)9-16(28)23-15-6-5-12(20)8-14(15)21/h2-8,10H,9H2,1H3,(H,23,28). The van der Waals surface area contributed by atoms with Crippen molar-refractivity contribution in [2.75, 3.05) is 5.32 Å². The van der Waals surface area contributed by atoms with E-state index in [0.717, 1.165) is 22.3 Å². The highest BCUT2D eigenvalue weighted by Gasteiger charge is 2.15. The van der Waals surface area contributed by atoms with Gasteiger partial charge in [-0.1, -0.05) is 17.3 Å². The molecule has 0 fully saturated rings. The molecule has 2 heterocycles. The second kappa shape index (κ2) is 7.23. The molecule has 2 aromatic heterocycles. The Kier molecular flexibility index (Phi) is 4.59. The van der Waals surface area contributed by atoms with Gasteiger partial charge >= 0.3 is 0 Å². The van der Waals surface area contributed by atoms with Gasteiger partial charge in [-0.05, 0) is 36.8 Å². The zero-order valence-corrected chi connectivity index (χ0v) is 15.1. The highest BCUT2D eigenvalue weighted by molar-refractivity contribution is 5.90. The Morgan fingerprint density at radius 1 is 1.17 bits per heavy atom. The van der Waals surface area contributed by atoms with E-state index in [1.807, 2.05) is 25.1 Å². The van der Waals surface area contributed by atoms with E-state index in [2.05, 4.69) is 20.6 Å². The summed E-state index contributed by atoms with van der Waals surface area (Å²) < 4.78 is 29.1. The first kappa shape index (κ1) is 18.4. The van der Waals surface area contributed by atoms with E-state index in [4.69, 9.17) is 0 Å². The summed E-state index contributed by atoms with van der Waals surface area (Å²) in [5.41, 5.74) is 1.19. The molecule has 0 saturated heterocycles. The molecule has 29 heavy (non-hydrogen) atoms. The van der Waals surface area contributed by atoms with E-state index in [1.165, 1.54) is 11.0 Å². The summed E-state index contributed by atoms with van der Waals surface area (Å²) in [5.74, 6) is -2.35. The fourth-order valence-electron chi connectivity index (χ4n) is 2.83. The molecule has 0 unspecified atom stereocenters. The van der Waals surface area contributed by atoms with E-state index in [1.54, 1.807) is 6.07 Å². The predicted octanol–water partition coefficient (Wildman–Crippen LogP) is 2.20. The van der Waals surface area contributed by atoms with Crippen molar-refractivity contribution in [3.8, 4) is 5.69 Å². The number of aryl methyl sites for hydroxylation is 1. The molecule has 0 aliphatic carbocycles. The quantitative estimate of drug-likeness (QED) is 0.571. The number of hydrogen-bond donors (Lipinski definition) is 1. The lowest BCUT2D eigenvalue weighted by atomic mass is 10.2. The lowest BCUT2D eigenvalue weighted by Gasteiger charge is -2.08. The van der Waals surface area contributed by atoms with Crippen LogP contribution in [0.5, 0.6) is 0 Å². The molecule has 146 valence electrons. The summed E-state index contributed by atoms with van der Waals surface area (Å²) in [5, 5.41) is 10.2. The first-order valence-electron chi connectivity index (χ1n) is 8.55. The van der Waals surface area contributed by atoms with Crippen molar-refractivity contribution in [2.45, 2.75) is 13.5 Å². The third-order valence-electron chi connectivity index (χ3n) is 4.19. The Balaban J connectivity index is 1.61. The number of nitrogens with zero attached hydrogens (tertiary/aromatic N) is 5. The zero-order chi connectivity index (χ0) is 20.5. The van der Waals surface area contributed by atoms with E-state index in [-0.39, 0.29) is 16.9 Å². The molecule has 0 aliphatic rings. The fraction of sp³-hybridized carbons (Fsp3) is 0.105. The van der Waals surface area contributed by atoms with Crippen molar-refractivity contribution in [3.63, 3.8) is 0 Å². The van der Waals surface area contributed by atoms with E-state index in [0.29, 0.717) is 11.8 Å². The molecule has 1 N–H and O–H groups in total. The molecule has 0 bridgehead atoms. The maximum atomic E-state index is 13.7. The van der Waals surface area contributed by atoms with Crippen molar-refractivity contribution in [3.05, 3.63) is 76.3 Å². The van der Waals surface area contributed by atoms with Gasteiger partial charge in [-0.15, -0.1) is 5.10 Å². The largest absolute Gasteiger partial charge is 0.322 e. The molecular weight excluding hydrogens is 382 g/mol. The monoisotopic (exact) mass is 396 g/mol. The number of fused-ring (bicyclic) bond motifs is 1. The van der Waals surface area contributed by atoms with Gasteiger partial charge < -0.3 is 5.32 Å². The molecule has 4 aromatic rings. The number of halogens is 2. The van der Waals surface area contributed by atoms with Crippen molar-refractivity contribution >= 4 is 22.8 Å². The van der Waals surface area contributed by atoms with E-state index in [9.17, 15) is 18.4 Å². The Morgan fingerprint density at radius 2 is 2.00 bits per heavy atom. The fourth-order valence-corrected chi connectivity index (χ4v) is 2.83. The number of rotatable bonds is 4. The van der Waals surface area contributed by atoms with Gasteiger partial charge in [0.1, 0.15) is 24.5 Å². The van der Waals surface area contributed by atoms with Gasteiger partial charge in [0.25, 0.3) is 5.56 Å². The number of hydrogen-bond acceptors (Lipinski definition) is 5. The van der Waals surface area contributed by atoms with Gasteiger partial charge in [0, 0.05) is 6.07 Å². The smallest absolute Gasteiger partial charge is 0.284 e. The Morgan fingerprint density at radius 3 is 2.76 bits per heavy atom. The van der Waals surface area contributed by atoms with Gasteiger partial charge in [0.2, 0.25) is 5.91 Å². The summed E-state index contributed by atoms with van der Waals surface area (Å²) in [4.78, 5) is 29.0. The molecule has 0 radical (unpaired) electrons. The zero-order valence-electron chi connectivity index (χ0n) is 15.1. The normalized spacial score (nSPS) is 11.0. The van der Waals surface area contributed by atoms with Crippen LogP contribution in [0.3, 0.4) is 0 Å². The first-order valence-corrected chi connectivity index (χ1v) is 8.55. The van der Waals surface area contributed by atoms with Gasteiger partial charge in [-0.3, -0.25) is 14.2 Å². The maximum Gasteiger partial charge on any atom is 0.284 e. The molecule has 1 amide bonds. The number of anilines is 1. The third kappa shape index (κ3) is 3.59. The minimum absolute atomic E-state index is 0.00484. The lowest BCUT2D eigenvalue weighted by Crippen LogP contribution is -2.28. The molecule has 4 rings (SSSR count). The van der Waals surface area contributed by atoms with E-state index < -0.39 is 29.6 Å². The molecule has 0 aliphatic heterocycles. The number of aromatic nitrogens is 5.